The molecule has 0 aromatic rings. The number of carbonyl (C=O) groups is 1. The molecule has 0 aliphatic carbocycles. The zero-order valence-electron chi connectivity index (χ0n) is 10.2. The number of ether oxygens (including phenoxy) is 1. The van der Waals surface area contributed by atoms with Crippen LogP contribution in [0, 0.1) is 16.7 Å². The van der Waals surface area contributed by atoms with E-state index in [4.69, 9.17) is 4.74 Å². The molecule has 0 bridgehead atoms. The van der Waals surface area contributed by atoms with Crippen LogP contribution in [0.15, 0.2) is 0 Å². The summed E-state index contributed by atoms with van der Waals surface area (Å²) in [5.74, 6) is -0.339. The van der Waals surface area contributed by atoms with Crippen LogP contribution >= 0.6 is 0 Å². The van der Waals surface area contributed by atoms with Gasteiger partial charge in [0.25, 0.3) is 0 Å². The van der Waals surface area contributed by atoms with Gasteiger partial charge in [0.2, 0.25) is 0 Å². The van der Waals surface area contributed by atoms with Gasteiger partial charge in [0.1, 0.15) is 0 Å². The highest BCUT2D eigenvalue weighted by Gasteiger charge is 2.42. The molecule has 1 saturated heterocycles. The van der Waals surface area contributed by atoms with Crippen LogP contribution in [0.25, 0.3) is 0 Å². The third-order valence-corrected chi connectivity index (χ3v) is 3.13. The lowest BCUT2D eigenvalue weighted by Crippen LogP contribution is -2.44. The molecule has 1 aliphatic heterocycles. The number of nitriles is 1. The predicted octanol–water partition coefficient (Wildman–Crippen LogP) is 1.57. The molecule has 0 saturated carbocycles. The van der Waals surface area contributed by atoms with Gasteiger partial charge < -0.3 is 9.64 Å². The Hall–Kier alpha value is -1.08. The standard InChI is InChI=1S/C12H20N2O2/c1-3-7-14-8-5-12(10-13,6-9-14)11(15)16-4-2/h3-9H2,1-2H3. The van der Waals surface area contributed by atoms with Crippen molar-refractivity contribution in [2.45, 2.75) is 33.1 Å². The van der Waals surface area contributed by atoms with Crippen LogP contribution < -0.4 is 0 Å². The molecule has 4 heteroatoms. The molecule has 1 aliphatic rings. The van der Waals surface area contributed by atoms with Gasteiger partial charge in [0.05, 0.1) is 12.7 Å². The van der Waals surface area contributed by atoms with Crippen LogP contribution in [-0.2, 0) is 9.53 Å². The van der Waals surface area contributed by atoms with Crippen LogP contribution in [-0.4, -0.2) is 37.1 Å². The van der Waals surface area contributed by atoms with E-state index in [1.807, 2.05) is 0 Å². The number of esters is 1. The molecule has 0 unspecified atom stereocenters. The van der Waals surface area contributed by atoms with Crippen LogP contribution in [0.1, 0.15) is 33.1 Å². The normalized spacial score (nSPS) is 20.1. The molecule has 1 rings (SSSR count). The molecule has 1 fully saturated rings. The Kier molecular flexibility index (Phi) is 4.75. The van der Waals surface area contributed by atoms with Crippen LogP contribution in [0.3, 0.4) is 0 Å². The highest BCUT2D eigenvalue weighted by Crippen LogP contribution is 2.32. The second-order valence-electron chi connectivity index (χ2n) is 4.26. The summed E-state index contributed by atoms with van der Waals surface area (Å²) >= 11 is 0. The lowest BCUT2D eigenvalue weighted by molar-refractivity contribution is -0.154. The quantitative estimate of drug-likeness (QED) is 0.680. The number of hydrogen-bond acceptors (Lipinski definition) is 4. The number of piperidine rings is 1. The minimum atomic E-state index is -0.889. The average molecular weight is 224 g/mol. The molecule has 16 heavy (non-hydrogen) atoms. The number of carbonyl (C=O) groups excluding carboxylic acids is 1. The summed E-state index contributed by atoms with van der Waals surface area (Å²) < 4.78 is 4.99. The van der Waals surface area contributed by atoms with E-state index in [0.717, 1.165) is 26.1 Å². The highest BCUT2D eigenvalue weighted by molar-refractivity contribution is 5.80. The summed E-state index contributed by atoms with van der Waals surface area (Å²) in [5, 5.41) is 9.19. The summed E-state index contributed by atoms with van der Waals surface area (Å²) in [6.45, 7) is 6.94. The van der Waals surface area contributed by atoms with Gasteiger partial charge in [-0.15, -0.1) is 0 Å². The smallest absolute Gasteiger partial charge is 0.326 e. The van der Waals surface area contributed by atoms with Crippen molar-refractivity contribution in [2.24, 2.45) is 5.41 Å². The fourth-order valence-corrected chi connectivity index (χ4v) is 2.11. The van der Waals surface area contributed by atoms with E-state index in [9.17, 15) is 10.1 Å². The van der Waals surface area contributed by atoms with Gasteiger partial charge >= 0.3 is 5.97 Å². The Morgan fingerprint density at radius 2 is 2.06 bits per heavy atom. The van der Waals surface area contributed by atoms with Crippen molar-refractivity contribution in [2.75, 3.05) is 26.2 Å². The lowest BCUT2D eigenvalue weighted by atomic mass is 9.80. The van der Waals surface area contributed by atoms with Crippen molar-refractivity contribution in [3.63, 3.8) is 0 Å². The minimum Gasteiger partial charge on any atom is -0.465 e. The molecule has 4 nitrogen and oxygen atoms in total. The van der Waals surface area contributed by atoms with E-state index >= 15 is 0 Å². The molecule has 0 amide bonds. The van der Waals surface area contributed by atoms with Crippen molar-refractivity contribution >= 4 is 5.97 Å². The first kappa shape index (κ1) is 13.0. The maximum Gasteiger partial charge on any atom is 0.326 e. The Balaban J connectivity index is 2.59. The Bertz CT molecular complexity index is 275. The molecular weight excluding hydrogens is 204 g/mol. The largest absolute Gasteiger partial charge is 0.465 e. The van der Waals surface area contributed by atoms with Crippen molar-refractivity contribution < 1.29 is 9.53 Å². The Morgan fingerprint density at radius 3 is 2.50 bits per heavy atom. The maximum atomic E-state index is 11.8. The number of nitrogens with zero attached hydrogens (tertiary/aromatic N) is 2. The van der Waals surface area contributed by atoms with Gasteiger partial charge in [-0.3, -0.25) is 4.79 Å². The van der Waals surface area contributed by atoms with Gasteiger partial charge in [-0.1, -0.05) is 6.92 Å². The molecule has 0 radical (unpaired) electrons. The summed E-state index contributed by atoms with van der Waals surface area (Å²) in [4.78, 5) is 14.1. The van der Waals surface area contributed by atoms with Gasteiger partial charge in [-0.05, 0) is 32.7 Å². The van der Waals surface area contributed by atoms with E-state index in [1.54, 1.807) is 6.92 Å². The summed E-state index contributed by atoms with van der Waals surface area (Å²) in [6, 6.07) is 2.16. The topological polar surface area (TPSA) is 53.3 Å². The van der Waals surface area contributed by atoms with E-state index in [-0.39, 0.29) is 5.97 Å². The SMILES string of the molecule is CCCN1CCC(C#N)(C(=O)OCC)CC1. The first-order valence-corrected chi connectivity index (χ1v) is 5.99. The van der Waals surface area contributed by atoms with Crippen molar-refractivity contribution in [1.29, 1.82) is 5.26 Å². The van der Waals surface area contributed by atoms with Crippen LogP contribution in [0.5, 0.6) is 0 Å². The van der Waals surface area contributed by atoms with E-state index in [1.165, 1.54) is 0 Å². The summed E-state index contributed by atoms with van der Waals surface area (Å²) in [5.41, 5.74) is -0.889. The molecule has 0 aromatic carbocycles. The molecule has 90 valence electrons. The Labute approximate surface area is 97.2 Å². The molecule has 0 atom stereocenters. The third kappa shape index (κ3) is 2.73. The summed E-state index contributed by atoms with van der Waals surface area (Å²) in [7, 11) is 0. The highest BCUT2D eigenvalue weighted by atomic mass is 16.5. The number of hydrogen-bond donors (Lipinski definition) is 0. The fourth-order valence-electron chi connectivity index (χ4n) is 2.11. The minimum absolute atomic E-state index is 0.339. The zero-order valence-corrected chi connectivity index (χ0v) is 10.2. The van der Waals surface area contributed by atoms with Crippen molar-refractivity contribution in [1.82, 2.24) is 4.90 Å². The summed E-state index contributed by atoms with van der Waals surface area (Å²) in [6.07, 6.45) is 2.31. The first-order chi connectivity index (χ1) is 7.68. The van der Waals surface area contributed by atoms with Crippen LogP contribution in [0.4, 0.5) is 0 Å². The number of likely N-dealkylation sites (tertiary alicyclic amines) is 1. The second-order valence-corrected chi connectivity index (χ2v) is 4.26. The third-order valence-electron chi connectivity index (χ3n) is 3.13. The van der Waals surface area contributed by atoms with Crippen molar-refractivity contribution in [3.8, 4) is 6.07 Å². The first-order valence-electron chi connectivity index (χ1n) is 5.99. The zero-order chi connectivity index (χ0) is 12.0. The van der Waals surface area contributed by atoms with Gasteiger partial charge in [0.15, 0.2) is 5.41 Å². The molecule has 0 aromatic heterocycles. The fraction of sp³-hybridized carbons (Fsp3) is 0.833. The Morgan fingerprint density at radius 1 is 1.44 bits per heavy atom. The molecular formula is C12H20N2O2. The monoisotopic (exact) mass is 224 g/mol. The molecule has 0 spiro atoms. The van der Waals surface area contributed by atoms with Gasteiger partial charge in [-0.25, -0.2) is 0 Å². The average Bonchev–Trinajstić information content (AvgIpc) is 2.31. The second kappa shape index (κ2) is 5.86. The van der Waals surface area contributed by atoms with E-state index < -0.39 is 5.41 Å². The van der Waals surface area contributed by atoms with Crippen LogP contribution in [0.2, 0.25) is 0 Å². The predicted molar refractivity (Wildman–Crippen MR) is 60.6 cm³/mol. The van der Waals surface area contributed by atoms with Crippen molar-refractivity contribution in [3.05, 3.63) is 0 Å². The maximum absolute atomic E-state index is 11.8. The lowest BCUT2D eigenvalue weighted by Gasteiger charge is -2.35. The molecule has 1 heterocycles. The number of rotatable bonds is 4. The van der Waals surface area contributed by atoms with Gasteiger partial charge in [-0.2, -0.15) is 5.26 Å². The van der Waals surface area contributed by atoms with E-state index in [0.29, 0.717) is 19.4 Å². The van der Waals surface area contributed by atoms with E-state index in [2.05, 4.69) is 17.9 Å². The molecule has 0 N–H and O–H groups in total. The van der Waals surface area contributed by atoms with Gasteiger partial charge in [0, 0.05) is 13.1 Å².